The lowest BCUT2D eigenvalue weighted by atomic mass is 10.2. The Balaban J connectivity index is 1.37. The maximum absolute atomic E-state index is 13.0. The van der Waals surface area contributed by atoms with Crippen LogP contribution in [0, 0.1) is 5.82 Å². The molecule has 0 spiro atoms. The Morgan fingerprint density at radius 2 is 1.69 bits per heavy atom. The number of anilines is 1. The lowest BCUT2D eigenvalue weighted by Gasteiger charge is -2.07. The Kier molecular flexibility index (Phi) is 5.63. The molecule has 0 aliphatic rings. The zero-order valence-electron chi connectivity index (χ0n) is 15.3. The third-order valence-corrected chi connectivity index (χ3v) is 4.99. The minimum atomic E-state index is -0.297. The van der Waals surface area contributed by atoms with Crippen molar-refractivity contribution in [1.29, 1.82) is 0 Å². The van der Waals surface area contributed by atoms with E-state index < -0.39 is 0 Å². The predicted octanol–water partition coefficient (Wildman–Crippen LogP) is 5.78. The number of hydrogen-bond acceptors (Lipinski definition) is 4. The molecule has 0 aliphatic carbocycles. The fourth-order valence-electron chi connectivity index (χ4n) is 2.70. The van der Waals surface area contributed by atoms with Gasteiger partial charge < -0.3 is 4.74 Å². The number of amides is 1. The summed E-state index contributed by atoms with van der Waals surface area (Å²) >= 11 is 1.32. The molecular formula is C23H17FN2O2S. The van der Waals surface area contributed by atoms with E-state index in [2.05, 4.69) is 10.3 Å². The average molecular weight is 404 g/mol. The fourth-order valence-corrected chi connectivity index (χ4v) is 3.41. The summed E-state index contributed by atoms with van der Waals surface area (Å²) in [7, 11) is 0. The molecule has 0 saturated carbocycles. The molecule has 4 rings (SSSR count). The van der Waals surface area contributed by atoms with Gasteiger partial charge in [0.2, 0.25) is 0 Å². The van der Waals surface area contributed by atoms with Gasteiger partial charge in [-0.15, -0.1) is 11.3 Å². The highest BCUT2D eigenvalue weighted by Gasteiger charge is 2.10. The number of nitrogens with one attached hydrogen (secondary N) is 1. The van der Waals surface area contributed by atoms with Crippen LogP contribution in [0.3, 0.4) is 0 Å². The molecule has 144 valence electrons. The molecular weight excluding hydrogens is 387 g/mol. The number of rotatable bonds is 6. The van der Waals surface area contributed by atoms with E-state index in [1.54, 1.807) is 36.4 Å². The number of halogens is 1. The number of hydrogen-bond donors (Lipinski definition) is 1. The van der Waals surface area contributed by atoms with Crippen LogP contribution in [0.25, 0.3) is 11.3 Å². The highest BCUT2D eigenvalue weighted by molar-refractivity contribution is 7.14. The topological polar surface area (TPSA) is 51.2 Å². The van der Waals surface area contributed by atoms with Crippen molar-refractivity contribution in [3.8, 4) is 17.0 Å². The van der Waals surface area contributed by atoms with Gasteiger partial charge in [-0.05, 0) is 54.1 Å². The molecule has 0 saturated heterocycles. The Hall–Kier alpha value is -3.51. The van der Waals surface area contributed by atoms with Crippen LogP contribution < -0.4 is 10.1 Å². The summed E-state index contributed by atoms with van der Waals surface area (Å²) in [5.41, 5.74) is 3.07. The Morgan fingerprint density at radius 1 is 0.966 bits per heavy atom. The molecule has 0 unspecified atom stereocenters. The zero-order valence-corrected chi connectivity index (χ0v) is 16.2. The average Bonchev–Trinajstić information content (AvgIpc) is 3.22. The summed E-state index contributed by atoms with van der Waals surface area (Å²) in [6, 6.07) is 22.9. The van der Waals surface area contributed by atoms with E-state index in [9.17, 15) is 9.18 Å². The number of benzene rings is 3. The molecule has 0 radical (unpaired) electrons. The fraction of sp³-hybridized carbons (Fsp3) is 0.0435. The maximum atomic E-state index is 13.0. The van der Waals surface area contributed by atoms with Crippen molar-refractivity contribution in [3.63, 3.8) is 0 Å². The van der Waals surface area contributed by atoms with Crippen molar-refractivity contribution in [2.45, 2.75) is 6.61 Å². The molecule has 1 heterocycles. The molecule has 29 heavy (non-hydrogen) atoms. The number of ether oxygens (including phenoxy) is 1. The van der Waals surface area contributed by atoms with E-state index in [1.165, 1.54) is 23.5 Å². The Morgan fingerprint density at radius 3 is 2.41 bits per heavy atom. The summed E-state index contributed by atoms with van der Waals surface area (Å²) in [5.74, 6) is 0.145. The number of thiazole rings is 1. The van der Waals surface area contributed by atoms with Gasteiger partial charge in [-0.3, -0.25) is 10.1 Å². The minimum Gasteiger partial charge on any atom is -0.489 e. The summed E-state index contributed by atoms with van der Waals surface area (Å²) < 4.78 is 18.8. The molecule has 0 fully saturated rings. The van der Waals surface area contributed by atoms with E-state index >= 15 is 0 Å². The standard InChI is InChI=1S/C23H17FN2O2S/c24-19-10-6-17(7-11-19)21-15-29-23(25-21)26-22(27)18-8-12-20(13-9-18)28-14-16-4-2-1-3-5-16/h1-13,15H,14H2,(H,25,26,27). The highest BCUT2D eigenvalue weighted by Crippen LogP contribution is 2.25. The largest absolute Gasteiger partial charge is 0.489 e. The second-order valence-corrected chi connectivity index (χ2v) is 7.16. The van der Waals surface area contributed by atoms with Crippen molar-refractivity contribution in [1.82, 2.24) is 4.98 Å². The van der Waals surface area contributed by atoms with E-state index in [4.69, 9.17) is 4.74 Å². The quantitative estimate of drug-likeness (QED) is 0.443. The van der Waals surface area contributed by atoms with Crippen molar-refractivity contribution >= 4 is 22.4 Å². The van der Waals surface area contributed by atoms with Gasteiger partial charge >= 0.3 is 0 Å². The van der Waals surface area contributed by atoms with Gasteiger partial charge in [0.05, 0.1) is 5.69 Å². The first-order valence-electron chi connectivity index (χ1n) is 8.97. The maximum Gasteiger partial charge on any atom is 0.257 e. The van der Waals surface area contributed by atoms with Gasteiger partial charge in [0.25, 0.3) is 5.91 Å². The second-order valence-electron chi connectivity index (χ2n) is 6.30. The molecule has 1 aromatic heterocycles. The lowest BCUT2D eigenvalue weighted by Crippen LogP contribution is -2.11. The van der Waals surface area contributed by atoms with Crippen LogP contribution in [-0.4, -0.2) is 10.9 Å². The van der Waals surface area contributed by atoms with Crippen molar-refractivity contribution < 1.29 is 13.9 Å². The number of carbonyl (C=O) groups is 1. The smallest absolute Gasteiger partial charge is 0.257 e. The zero-order chi connectivity index (χ0) is 20.1. The van der Waals surface area contributed by atoms with Crippen LogP contribution in [0.2, 0.25) is 0 Å². The molecule has 1 amide bonds. The molecule has 4 aromatic rings. The minimum absolute atomic E-state index is 0.250. The van der Waals surface area contributed by atoms with Crippen LogP contribution >= 0.6 is 11.3 Å². The van der Waals surface area contributed by atoms with Crippen LogP contribution in [0.5, 0.6) is 5.75 Å². The van der Waals surface area contributed by atoms with Gasteiger partial charge in [-0.2, -0.15) is 0 Å². The third-order valence-electron chi connectivity index (χ3n) is 4.23. The summed E-state index contributed by atoms with van der Waals surface area (Å²) in [4.78, 5) is 16.9. The number of carbonyl (C=O) groups excluding carboxylic acids is 1. The van der Waals surface area contributed by atoms with Gasteiger partial charge in [0.1, 0.15) is 18.2 Å². The molecule has 0 bridgehead atoms. The van der Waals surface area contributed by atoms with Gasteiger partial charge in [0, 0.05) is 16.5 Å². The first kappa shape index (κ1) is 18.8. The summed E-state index contributed by atoms with van der Waals surface area (Å²) in [6.07, 6.45) is 0. The normalized spacial score (nSPS) is 10.5. The SMILES string of the molecule is O=C(Nc1nc(-c2ccc(F)cc2)cs1)c1ccc(OCc2ccccc2)cc1. The van der Waals surface area contributed by atoms with E-state index in [1.807, 2.05) is 35.7 Å². The van der Waals surface area contributed by atoms with Crippen molar-refractivity contribution in [2.75, 3.05) is 5.32 Å². The molecule has 1 N–H and O–H groups in total. The van der Waals surface area contributed by atoms with Gasteiger partial charge in [-0.25, -0.2) is 9.37 Å². The van der Waals surface area contributed by atoms with Gasteiger partial charge in [0.15, 0.2) is 5.13 Å². The Bertz CT molecular complexity index is 1090. The monoisotopic (exact) mass is 404 g/mol. The predicted molar refractivity (Wildman–Crippen MR) is 113 cm³/mol. The van der Waals surface area contributed by atoms with Crippen molar-refractivity contribution in [3.05, 3.63) is 101 Å². The summed E-state index contributed by atoms with van der Waals surface area (Å²) in [6.45, 7) is 0.470. The van der Waals surface area contributed by atoms with Gasteiger partial charge in [-0.1, -0.05) is 30.3 Å². The number of aromatic nitrogens is 1. The second kappa shape index (κ2) is 8.67. The van der Waals surface area contributed by atoms with Crippen LogP contribution in [0.4, 0.5) is 9.52 Å². The number of nitrogens with zero attached hydrogens (tertiary/aromatic N) is 1. The molecule has 3 aromatic carbocycles. The third kappa shape index (κ3) is 4.86. The van der Waals surface area contributed by atoms with Crippen LogP contribution in [-0.2, 0) is 6.61 Å². The molecule has 4 nitrogen and oxygen atoms in total. The van der Waals surface area contributed by atoms with E-state index in [-0.39, 0.29) is 11.7 Å². The van der Waals surface area contributed by atoms with Crippen molar-refractivity contribution in [2.24, 2.45) is 0 Å². The van der Waals surface area contributed by atoms with Crippen LogP contribution in [0.1, 0.15) is 15.9 Å². The molecule has 6 heteroatoms. The first-order valence-corrected chi connectivity index (χ1v) is 9.85. The summed E-state index contributed by atoms with van der Waals surface area (Å²) in [5, 5.41) is 5.10. The van der Waals surface area contributed by atoms with Crippen LogP contribution in [0.15, 0.2) is 84.2 Å². The highest BCUT2D eigenvalue weighted by atomic mass is 32.1. The molecule has 0 atom stereocenters. The molecule has 0 aliphatic heterocycles. The first-order chi connectivity index (χ1) is 14.2. The van der Waals surface area contributed by atoms with E-state index in [0.717, 1.165) is 11.1 Å². The lowest BCUT2D eigenvalue weighted by molar-refractivity contribution is 0.102. The Labute approximate surface area is 171 Å². The van der Waals surface area contributed by atoms with E-state index in [0.29, 0.717) is 28.7 Å².